The molecule has 0 saturated heterocycles. The van der Waals surface area contributed by atoms with Crippen LogP contribution in [0.1, 0.15) is 13.8 Å². The normalized spacial score (nSPS) is 17.1. The molecule has 1 amide bonds. The van der Waals surface area contributed by atoms with Gasteiger partial charge in [0.25, 0.3) is 5.91 Å². The van der Waals surface area contributed by atoms with Crippen molar-refractivity contribution in [2.75, 3.05) is 13.7 Å². The molecule has 4 heteroatoms. The number of nitrogens with one attached hydrogen (secondary N) is 1. The van der Waals surface area contributed by atoms with Gasteiger partial charge in [0.15, 0.2) is 0 Å². The molecule has 0 atom stereocenters. The first-order chi connectivity index (χ1) is 6.56. The quantitative estimate of drug-likeness (QED) is 0.727. The third-order valence-electron chi connectivity index (χ3n) is 2.01. The molecule has 1 aliphatic heterocycles. The largest absolute Gasteiger partial charge is 0.380 e. The minimum absolute atomic E-state index is 0.131. The number of carbonyl (C=O) groups excluding carboxylic acids is 1. The van der Waals surface area contributed by atoms with Crippen LogP contribution in [0.5, 0.6) is 0 Å². The maximum atomic E-state index is 11.4. The summed E-state index contributed by atoms with van der Waals surface area (Å²) in [6, 6.07) is 0.273. The van der Waals surface area contributed by atoms with Gasteiger partial charge in [0.05, 0.1) is 12.2 Å². The highest BCUT2D eigenvalue weighted by Crippen LogP contribution is 2.14. The summed E-state index contributed by atoms with van der Waals surface area (Å²) in [5, 5.41) is 2.69. The van der Waals surface area contributed by atoms with E-state index in [9.17, 15) is 4.79 Å². The van der Waals surface area contributed by atoms with E-state index in [-0.39, 0.29) is 11.9 Å². The zero-order valence-corrected chi connectivity index (χ0v) is 8.83. The smallest absolute Gasteiger partial charge is 0.256 e. The standard InChI is InChI=1S/C10H16N2O2/c1-7(2)12-5-9(6-14-4)10(13)11-8(12)3/h5,7H,3,6H2,1-2,4H3,(H,11,13). The van der Waals surface area contributed by atoms with Gasteiger partial charge in [0.2, 0.25) is 0 Å². The molecule has 0 aromatic rings. The van der Waals surface area contributed by atoms with E-state index in [0.717, 1.165) is 0 Å². The van der Waals surface area contributed by atoms with Gasteiger partial charge < -0.3 is 15.0 Å². The Hall–Kier alpha value is -1.29. The van der Waals surface area contributed by atoms with E-state index in [1.165, 1.54) is 0 Å². The van der Waals surface area contributed by atoms with Crippen molar-refractivity contribution >= 4 is 5.91 Å². The SMILES string of the molecule is C=C1NC(=O)C(COC)=CN1C(C)C. The van der Waals surface area contributed by atoms with E-state index in [4.69, 9.17) is 4.74 Å². The fraction of sp³-hybridized carbons (Fsp3) is 0.500. The lowest BCUT2D eigenvalue weighted by Crippen LogP contribution is -2.41. The molecule has 1 heterocycles. The van der Waals surface area contributed by atoms with E-state index in [2.05, 4.69) is 11.9 Å². The number of hydrogen-bond acceptors (Lipinski definition) is 3. The van der Waals surface area contributed by atoms with Crippen LogP contribution < -0.4 is 5.32 Å². The maximum Gasteiger partial charge on any atom is 0.256 e. The minimum atomic E-state index is -0.131. The molecule has 0 bridgehead atoms. The Morgan fingerprint density at radius 2 is 2.29 bits per heavy atom. The molecule has 1 rings (SSSR count). The molecule has 4 nitrogen and oxygen atoms in total. The van der Waals surface area contributed by atoms with Crippen molar-refractivity contribution in [3.63, 3.8) is 0 Å². The second-order valence-corrected chi connectivity index (χ2v) is 3.49. The van der Waals surface area contributed by atoms with Crippen LogP contribution in [0, 0.1) is 0 Å². The summed E-state index contributed by atoms with van der Waals surface area (Å²) in [4.78, 5) is 13.3. The molecular formula is C10H16N2O2. The first-order valence-electron chi connectivity index (χ1n) is 4.54. The van der Waals surface area contributed by atoms with E-state index in [0.29, 0.717) is 18.0 Å². The van der Waals surface area contributed by atoms with E-state index >= 15 is 0 Å². The van der Waals surface area contributed by atoms with E-state index in [1.54, 1.807) is 13.3 Å². The Bertz CT molecular complexity index is 282. The first-order valence-corrected chi connectivity index (χ1v) is 4.54. The Morgan fingerprint density at radius 1 is 1.64 bits per heavy atom. The number of ether oxygens (including phenoxy) is 1. The van der Waals surface area contributed by atoms with Gasteiger partial charge in [-0.1, -0.05) is 6.58 Å². The Morgan fingerprint density at radius 3 is 2.79 bits per heavy atom. The minimum Gasteiger partial charge on any atom is -0.380 e. The number of hydrogen-bond donors (Lipinski definition) is 1. The van der Waals surface area contributed by atoms with Crippen LogP contribution in [0.4, 0.5) is 0 Å². The third-order valence-corrected chi connectivity index (χ3v) is 2.01. The van der Waals surface area contributed by atoms with Crippen LogP contribution in [0.3, 0.4) is 0 Å². The molecule has 78 valence electrons. The van der Waals surface area contributed by atoms with Gasteiger partial charge in [-0.05, 0) is 13.8 Å². The van der Waals surface area contributed by atoms with Crippen molar-refractivity contribution in [1.82, 2.24) is 10.2 Å². The Balaban J connectivity index is 2.87. The van der Waals surface area contributed by atoms with E-state index in [1.807, 2.05) is 18.7 Å². The van der Waals surface area contributed by atoms with Crippen molar-refractivity contribution in [1.29, 1.82) is 0 Å². The predicted octanol–water partition coefficient (Wildman–Crippen LogP) is 0.828. The number of rotatable bonds is 3. The van der Waals surface area contributed by atoms with E-state index < -0.39 is 0 Å². The van der Waals surface area contributed by atoms with Crippen LogP contribution in [-0.2, 0) is 9.53 Å². The number of carbonyl (C=O) groups is 1. The predicted molar refractivity (Wildman–Crippen MR) is 54.2 cm³/mol. The summed E-state index contributed by atoms with van der Waals surface area (Å²) in [6.07, 6.45) is 1.79. The number of methoxy groups -OCH3 is 1. The van der Waals surface area contributed by atoms with Gasteiger partial charge in [0, 0.05) is 19.4 Å². The highest BCUT2D eigenvalue weighted by Gasteiger charge is 2.21. The van der Waals surface area contributed by atoms with Gasteiger partial charge in [0.1, 0.15) is 5.82 Å². The van der Waals surface area contributed by atoms with Crippen molar-refractivity contribution in [3.8, 4) is 0 Å². The lowest BCUT2D eigenvalue weighted by molar-refractivity contribution is -0.118. The molecule has 0 aromatic heterocycles. The summed E-state index contributed by atoms with van der Waals surface area (Å²) in [7, 11) is 1.57. The average molecular weight is 196 g/mol. The van der Waals surface area contributed by atoms with Gasteiger partial charge in [-0.25, -0.2) is 0 Å². The molecule has 0 radical (unpaired) electrons. The van der Waals surface area contributed by atoms with Crippen LogP contribution in [-0.4, -0.2) is 30.6 Å². The lowest BCUT2D eigenvalue weighted by Gasteiger charge is -2.31. The fourth-order valence-electron chi connectivity index (χ4n) is 1.30. The summed E-state index contributed by atoms with van der Waals surface area (Å²) in [6.45, 7) is 8.15. The zero-order chi connectivity index (χ0) is 10.7. The molecule has 0 aliphatic carbocycles. The summed E-state index contributed by atoms with van der Waals surface area (Å²) in [5.41, 5.74) is 0.619. The molecule has 14 heavy (non-hydrogen) atoms. The van der Waals surface area contributed by atoms with Gasteiger partial charge in [-0.3, -0.25) is 4.79 Å². The van der Waals surface area contributed by atoms with Crippen molar-refractivity contribution in [2.24, 2.45) is 0 Å². The molecule has 0 aromatic carbocycles. The molecule has 0 saturated carbocycles. The van der Waals surface area contributed by atoms with Gasteiger partial charge >= 0.3 is 0 Å². The Labute approximate surface area is 84.2 Å². The maximum absolute atomic E-state index is 11.4. The molecule has 1 N–H and O–H groups in total. The van der Waals surface area contributed by atoms with Crippen molar-refractivity contribution in [3.05, 3.63) is 24.2 Å². The van der Waals surface area contributed by atoms with Crippen LogP contribution >= 0.6 is 0 Å². The van der Waals surface area contributed by atoms with Gasteiger partial charge in [-0.2, -0.15) is 0 Å². The topological polar surface area (TPSA) is 41.6 Å². The third kappa shape index (κ3) is 2.14. The second kappa shape index (κ2) is 4.28. The monoisotopic (exact) mass is 196 g/mol. The van der Waals surface area contributed by atoms with Crippen LogP contribution in [0.15, 0.2) is 24.2 Å². The second-order valence-electron chi connectivity index (χ2n) is 3.49. The molecule has 0 spiro atoms. The molecule has 0 unspecified atom stereocenters. The van der Waals surface area contributed by atoms with Crippen LogP contribution in [0.25, 0.3) is 0 Å². The number of amides is 1. The first kappa shape index (κ1) is 10.8. The fourth-order valence-corrected chi connectivity index (χ4v) is 1.30. The average Bonchev–Trinajstić information content (AvgIpc) is 2.09. The Kier molecular flexibility index (Phi) is 3.30. The molecular weight excluding hydrogens is 180 g/mol. The van der Waals surface area contributed by atoms with Gasteiger partial charge in [-0.15, -0.1) is 0 Å². The molecule has 1 aliphatic rings. The summed E-state index contributed by atoms with van der Waals surface area (Å²) < 4.78 is 4.93. The zero-order valence-electron chi connectivity index (χ0n) is 8.83. The van der Waals surface area contributed by atoms with Crippen molar-refractivity contribution < 1.29 is 9.53 Å². The van der Waals surface area contributed by atoms with Crippen molar-refractivity contribution in [2.45, 2.75) is 19.9 Å². The highest BCUT2D eigenvalue weighted by molar-refractivity contribution is 5.95. The summed E-state index contributed by atoms with van der Waals surface area (Å²) >= 11 is 0. The lowest BCUT2D eigenvalue weighted by atomic mass is 10.2. The number of nitrogens with zero attached hydrogens (tertiary/aromatic N) is 1. The highest BCUT2D eigenvalue weighted by atomic mass is 16.5. The molecule has 0 fully saturated rings. The summed E-state index contributed by atoms with van der Waals surface area (Å²) in [5.74, 6) is 0.485. The van der Waals surface area contributed by atoms with Crippen LogP contribution in [0.2, 0.25) is 0 Å².